The highest BCUT2D eigenvalue weighted by molar-refractivity contribution is 8.00. The zero-order chi connectivity index (χ0) is 22.6. The lowest BCUT2D eigenvalue weighted by Crippen LogP contribution is -2.28. The molecule has 5 rings (SSSR count). The van der Waals surface area contributed by atoms with E-state index in [4.69, 9.17) is 4.74 Å². The molecule has 1 aliphatic heterocycles. The van der Waals surface area contributed by atoms with Crippen LogP contribution in [0, 0.1) is 0 Å². The number of carbonyl (C=O) groups is 2. The molecular formula is C27H26N2O3S. The van der Waals surface area contributed by atoms with Gasteiger partial charge in [0.1, 0.15) is 12.0 Å². The van der Waals surface area contributed by atoms with Gasteiger partial charge in [0.2, 0.25) is 11.8 Å². The lowest BCUT2D eigenvalue weighted by molar-refractivity contribution is -0.121. The Bertz CT molecular complexity index is 1150. The molecule has 0 bridgehead atoms. The Hall–Kier alpha value is -3.09. The highest BCUT2D eigenvalue weighted by Gasteiger charge is 2.34. The standard InChI is InChI=1S/C27H26N2O3S/c30-25(17-32-16-19-5-2-1-3-6-19)28-23-12-9-21(10-13-23)27-29(26(31)18-33-27)24-14-11-20-7-4-8-22(20)15-24/h1-3,5-6,9-15,27H,4,7-8,16-18H2,(H,28,30). The second-order valence-corrected chi connectivity index (χ2v) is 9.45. The van der Waals surface area contributed by atoms with Crippen molar-refractivity contribution in [1.29, 1.82) is 0 Å². The van der Waals surface area contributed by atoms with Crippen molar-refractivity contribution in [1.82, 2.24) is 0 Å². The number of aryl methyl sites for hydroxylation is 2. The van der Waals surface area contributed by atoms with Gasteiger partial charge in [-0.3, -0.25) is 14.5 Å². The topological polar surface area (TPSA) is 58.6 Å². The molecule has 0 aromatic heterocycles. The van der Waals surface area contributed by atoms with Gasteiger partial charge in [0.25, 0.3) is 0 Å². The van der Waals surface area contributed by atoms with Gasteiger partial charge in [-0.25, -0.2) is 0 Å². The number of amides is 2. The van der Waals surface area contributed by atoms with E-state index in [1.807, 2.05) is 59.5 Å². The molecule has 1 atom stereocenters. The number of fused-ring (bicyclic) bond motifs is 1. The molecule has 33 heavy (non-hydrogen) atoms. The molecule has 1 unspecified atom stereocenters. The second-order valence-electron chi connectivity index (χ2n) is 8.38. The van der Waals surface area contributed by atoms with E-state index < -0.39 is 0 Å². The molecule has 1 fully saturated rings. The molecule has 0 saturated carbocycles. The van der Waals surface area contributed by atoms with Gasteiger partial charge >= 0.3 is 0 Å². The fourth-order valence-electron chi connectivity index (χ4n) is 4.42. The van der Waals surface area contributed by atoms with Crippen molar-refractivity contribution in [2.24, 2.45) is 0 Å². The number of nitrogens with one attached hydrogen (secondary N) is 1. The largest absolute Gasteiger partial charge is 0.367 e. The van der Waals surface area contributed by atoms with Crippen LogP contribution in [0.2, 0.25) is 0 Å². The van der Waals surface area contributed by atoms with E-state index in [-0.39, 0.29) is 23.8 Å². The molecule has 3 aromatic rings. The highest BCUT2D eigenvalue weighted by atomic mass is 32.2. The quantitative estimate of drug-likeness (QED) is 0.535. The van der Waals surface area contributed by atoms with Gasteiger partial charge in [0.15, 0.2) is 0 Å². The Morgan fingerprint density at radius 1 is 1.00 bits per heavy atom. The fourth-order valence-corrected chi connectivity index (χ4v) is 5.60. The summed E-state index contributed by atoms with van der Waals surface area (Å²) >= 11 is 1.64. The van der Waals surface area contributed by atoms with Gasteiger partial charge < -0.3 is 10.1 Å². The number of rotatable bonds is 7. The Morgan fingerprint density at radius 3 is 2.61 bits per heavy atom. The second kappa shape index (κ2) is 9.81. The van der Waals surface area contributed by atoms with E-state index in [2.05, 4.69) is 23.5 Å². The summed E-state index contributed by atoms with van der Waals surface area (Å²) in [5, 5.41) is 2.82. The number of thioether (sulfide) groups is 1. The smallest absolute Gasteiger partial charge is 0.250 e. The van der Waals surface area contributed by atoms with Crippen molar-refractivity contribution in [3.05, 3.63) is 95.1 Å². The molecule has 1 saturated heterocycles. The van der Waals surface area contributed by atoms with E-state index in [1.165, 1.54) is 17.5 Å². The van der Waals surface area contributed by atoms with Crippen molar-refractivity contribution in [2.75, 3.05) is 22.6 Å². The summed E-state index contributed by atoms with van der Waals surface area (Å²) in [6.45, 7) is 0.397. The van der Waals surface area contributed by atoms with E-state index >= 15 is 0 Å². The van der Waals surface area contributed by atoms with Gasteiger partial charge in [-0.2, -0.15) is 0 Å². The molecular weight excluding hydrogens is 432 g/mol. The van der Waals surface area contributed by atoms with Crippen LogP contribution >= 0.6 is 11.8 Å². The summed E-state index contributed by atoms with van der Waals surface area (Å²) in [4.78, 5) is 26.8. The van der Waals surface area contributed by atoms with Crippen LogP contribution in [-0.4, -0.2) is 24.2 Å². The third-order valence-electron chi connectivity index (χ3n) is 6.05. The maximum absolute atomic E-state index is 12.7. The average Bonchev–Trinajstić information content (AvgIpc) is 3.46. The summed E-state index contributed by atoms with van der Waals surface area (Å²) in [5.41, 5.74) is 6.54. The van der Waals surface area contributed by atoms with Gasteiger partial charge in [-0.15, -0.1) is 11.8 Å². The summed E-state index contributed by atoms with van der Waals surface area (Å²) in [7, 11) is 0. The molecule has 5 nitrogen and oxygen atoms in total. The molecule has 1 N–H and O–H groups in total. The van der Waals surface area contributed by atoms with Crippen LogP contribution in [-0.2, 0) is 33.8 Å². The minimum atomic E-state index is -0.191. The minimum absolute atomic E-state index is 0.00424. The summed E-state index contributed by atoms with van der Waals surface area (Å²) < 4.78 is 5.51. The summed E-state index contributed by atoms with van der Waals surface area (Å²) in [6.07, 6.45) is 3.41. The van der Waals surface area contributed by atoms with Gasteiger partial charge in [0.05, 0.1) is 12.4 Å². The van der Waals surface area contributed by atoms with E-state index in [0.717, 1.165) is 29.7 Å². The number of benzene rings is 3. The van der Waals surface area contributed by atoms with E-state index in [1.54, 1.807) is 11.8 Å². The van der Waals surface area contributed by atoms with E-state index in [0.29, 0.717) is 18.0 Å². The molecule has 2 aliphatic rings. The Balaban J connectivity index is 1.21. The summed E-state index contributed by atoms with van der Waals surface area (Å²) in [5.74, 6) is 0.415. The maximum Gasteiger partial charge on any atom is 0.250 e. The number of nitrogens with zero attached hydrogens (tertiary/aromatic N) is 1. The molecule has 0 spiro atoms. The Morgan fingerprint density at radius 2 is 1.79 bits per heavy atom. The first-order valence-electron chi connectivity index (χ1n) is 11.2. The first-order chi connectivity index (χ1) is 16.2. The van der Waals surface area contributed by atoms with Crippen molar-refractivity contribution in [3.63, 3.8) is 0 Å². The molecule has 6 heteroatoms. The van der Waals surface area contributed by atoms with Gasteiger partial charge in [0, 0.05) is 11.4 Å². The molecule has 168 valence electrons. The zero-order valence-electron chi connectivity index (χ0n) is 18.3. The Labute approximate surface area is 198 Å². The number of ether oxygens (including phenoxy) is 1. The van der Waals surface area contributed by atoms with Crippen LogP contribution in [0.5, 0.6) is 0 Å². The molecule has 1 heterocycles. The van der Waals surface area contributed by atoms with Gasteiger partial charge in [-0.1, -0.05) is 48.5 Å². The normalized spacial score (nSPS) is 17.3. The third-order valence-corrected chi connectivity index (χ3v) is 7.26. The zero-order valence-corrected chi connectivity index (χ0v) is 19.1. The first-order valence-corrected chi connectivity index (χ1v) is 12.3. The van der Waals surface area contributed by atoms with Crippen molar-refractivity contribution in [2.45, 2.75) is 31.2 Å². The maximum atomic E-state index is 12.7. The average molecular weight is 459 g/mol. The molecule has 3 aromatic carbocycles. The van der Waals surface area contributed by atoms with Crippen LogP contribution in [0.4, 0.5) is 11.4 Å². The predicted octanol–water partition coefficient (Wildman–Crippen LogP) is 5.11. The molecule has 1 aliphatic carbocycles. The highest BCUT2D eigenvalue weighted by Crippen LogP contribution is 2.42. The van der Waals surface area contributed by atoms with Crippen LogP contribution < -0.4 is 10.2 Å². The van der Waals surface area contributed by atoms with E-state index in [9.17, 15) is 9.59 Å². The van der Waals surface area contributed by atoms with Crippen molar-refractivity contribution in [3.8, 4) is 0 Å². The third kappa shape index (κ3) is 4.97. The van der Waals surface area contributed by atoms with Gasteiger partial charge in [-0.05, 0) is 65.8 Å². The lowest BCUT2D eigenvalue weighted by atomic mass is 10.1. The summed E-state index contributed by atoms with van der Waals surface area (Å²) in [6, 6.07) is 23.9. The Kier molecular flexibility index (Phi) is 6.46. The van der Waals surface area contributed by atoms with Crippen molar-refractivity contribution < 1.29 is 14.3 Å². The van der Waals surface area contributed by atoms with Crippen LogP contribution in [0.15, 0.2) is 72.8 Å². The monoisotopic (exact) mass is 458 g/mol. The first kappa shape index (κ1) is 21.7. The fraction of sp³-hybridized carbons (Fsp3) is 0.259. The number of anilines is 2. The lowest BCUT2D eigenvalue weighted by Gasteiger charge is -2.25. The number of hydrogen-bond donors (Lipinski definition) is 1. The van der Waals surface area contributed by atoms with Crippen LogP contribution in [0.25, 0.3) is 0 Å². The number of hydrogen-bond acceptors (Lipinski definition) is 4. The van der Waals surface area contributed by atoms with Crippen LogP contribution in [0.1, 0.15) is 34.0 Å². The molecule has 2 amide bonds. The minimum Gasteiger partial charge on any atom is -0.367 e. The molecule has 0 radical (unpaired) electrons. The number of carbonyl (C=O) groups excluding carboxylic acids is 2. The van der Waals surface area contributed by atoms with Crippen molar-refractivity contribution >= 4 is 35.0 Å². The SMILES string of the molecule is O=C(COCc1ccccc1)Nc1ccc(C2SCC(=O)N2c2ccc3c(c2)CCC3)cc1. The predicted molar refractivity (Wildman–Crippen MR) is 132 cm³/mol. The van der Waals surface area contributed by atoms with Crippen LogP contribution in [0.3, 0.4) is 0 Å².